The molecule has 1 N–H and O–H groups in total. The zero-order valence-electron chi connectivity index (χ0n) is 15.5. The number of hydrogen-bond donors (Lipinski definition) is 1. The highest BCUT2D eigenvalue weighted by molar-refractivity contribution is 8.00. The number of benzene rings is 2. The molecule has 0 bridgehead atoms. The Kier molecular flexibility index (Phi) is 6.03. The molecule has 0 aromatic heterocycles. The highest BCUT2D eigenvalue weighted by Gasteiger charge is 2.37. The largest absolute Gasteiger partial charge is 0.495 e. The second kappa shape index (κ2) is 8.45. The topological polar surface area (TPSA) is 67.9 Å². The van der Waals surface area contributed by atoms with Crippen molar-refractivity contribution in [1.29, 1.82) is 0 Å². The molecular formula is C20H22N2O4S. The highest BCUT2D eigenvalue weighted by atomic mass is 32.2. The molecule has 1 heterocycles. The van der Waals surface area contributed by atoms with Gasteiger partial charge < -0.3 is 14.8 Å². The fourth-order valence-electron chi connectivity index (χ4n) is 3.05. The summed E-state index contributed by atoms with van der Waals surface area (Å²) in [6.07, 6.45) is 0. The number of para-hydroxylation sites is 1. The van der Waals surface area contributed by atoms with Crippen molar-refractivity contribution in [2.45, 2.75) is 12.3 Å². The van der Waals surface area contributed by atoms with Gasteiger partial charge in [-0.05, 0) is 30.7 Å². The SMILES string of the molecule is COCC(=O)Nc1ccccc1[C@@H]1SCC(=O)N1c1cc(C)ccc1OC. The van der Waals surface area contributed by atoms with Crippen LogP contribution < -0.4 is 15.0 Å². The molecule has 0 radical (unpaired) electrons. The maximum Gasteiger partial charge on any atom is 0.250 e. The summed E-state index contributed by atoms with van der Waals surface area (Å²) in [5, 5.41) is 2.61. The lowest BCUT2D eigenvalue weighted by Crippen LogP contribution is -2.29. The summed E-state index contributed by atoms with van der Waals surface area (Å²) in [5.41, 5.74) is 3.30. The molecule has 2 aromatic rings. The lowest BCUT2D eigenvalue weighted by atomic mass is 10.1. The molecule has 0 saturated carbocycles. The third kappa shape index (κ3) is 4.09. The average molecular weight is 386 g/mol. The predicted octanol–water partition coefficient (Wildman–Crippen LogP) is 3.37. The standard InChI is InChI=1S/C20H22N2O4S/c1-13-8-9-17(26-3)16(10-13)22-19(24)12-27-20(22)14-6-4-5-7-15(14)21-18(23)11-25-2/h4-10,20H,11-12H2,1-3H3,(H,21,23)/t20-/m0/s1. The molecular weight excluding hydrogens is 364 g/mol. The monoisotopic (exact) mass is 386 g/mol. The fraction of sp³-hybridized carbons (Fsp3) is 0.300. The molecule has 1 atom stereocenters. The van der Waals surface area contributed by atoms with Gasteiger partial charge in [0.2, 0.25) is 11.8 Å². The van der Waals surface area contributed by atoms with E-state index in [0.717, 1.165) is 16.8 Å². The highest BCUT2D eigenvalue weighted by Crippen LogP contribution is 2.46. The predicted molar refractivity (Wildman–Crippen MR) is 107 cm³/mol. The zero-order chi connectivity index (χ0) is 19.4. The number of aryl methyl sites for hydroxylation is 1. The summed E-state index contributed by atoms with van der Waals surface area (Å²) in [6.45, 7) is 1.95. The van der Waals surface area contributed by atoms with Crippen molar-refractivity contribution in [3.05, 3.63) is 53.6 Å². The Morgan fingerprint density at radius 2 is 2.04 bits per heavy atom. The summed E-state index contributed by atoms with van der Waals surface area (Å²) in [5.74, 6) is 0.774. The van der Waals surface area contributed by atoms with Gasteiger partial charge >= 0.3 is 0 Å². The van der Waals surface area contributed by atoms with Gasteiger partial charge in [0, 0.05) is 18.4 Å². The van der Waals surface area contributed by atoms with Gasteiger partial charge in [-0.25, -0.2) is 0 Å². The Labute approximate surface area is 162 Å². The Morgan fingerprint density at radius 3 is 2.78 bits per heavy atom. The smallest absolute Gasteiger partial charge is 0.250 e. The van der Waals surface area contributed by atoms with E-state index in [1.807, 2.05) is 49.4 Å². The summed E-state index contributed by atoms with van der Waals surface area (Å²) in [6, 6.07) is 13.3. The Morgan fingerprint density at radius 1 is 1.26 bits per heavy atom. The minimum absolute atomic E-state index is 0.00641. The van der Waals surface area contributed by atoms with Crippen LogP contribution in [0.1, 0.15) is 16.5 Å². The number of methoxy groups -OCH3 is 2. The summed E-state index contributed by atoms with van der Waals surface area (Å²) >= 11 is 1.52. The number of carbonyl (C=O) groups is 2. The Balaban J connectivity index is 2.01. The number of thioether (sulfide) groups is 1. The summed E-state index contributed by atoms with van der Waals surface area (Å²) < 4.78 is 10.4. The first kappa shape index (κ1) is 19.3. The number of ether oxygens (including phenoxy) is 2. The average Bonchev–Trinajstić information content (AvgIpc) is 3.03. The summed E-state index contributed by atoms with van der Waals surface area (Å²) in [4.78, 5) is 26.5. The number of anilines is 2. The molecule has 0 unspecified atom stereocenters. The van der Waals surface area contributed by atoms with Gasteiger partial charge in [0.15, 0.2) is 0 Å². The van der Waals surface area contributed by atoms with Crippen molar-refractivity contribution < 1.29 is 19.1 Å². The molecule has 1 fully saturated rings. The molecule has 7 heteroatoms. The lowest BCUT2D eigenvalue weighted by molar-refractivity contribution is -0.119. The first-order chi connectivity index (χ1) is 13.0. The van der Waals surface area contributed by atoms with E-state index in [4.69, 9.17) is 9.47 Å². The van der Waals surface area contributed by atoms with Crippen LogP contribution in [0.3, 0.4) is 0 Å². The number of nitrogens with one attached hydrogen (secondary N) is 1. The van der Waals surface area contributed by atoms with E-state index in [2.05, 4.69) is 5.32 Å². The van der Waals surface area contributed by atoms with Crippen LogP contribution >= 0.6 is 11.8 Å². The molecule has 0 spiro atoms. The Hall–Kier alpha value is -2.51. The molecule has 27 heavy (non-hydrogen) atoms. The van der Waals surface area contributed by atoms with E-state index in [1.165, 1.54) is 18.9 Å². The van der Waals surface area contributed by atoms with Gasteiger partial charge in [-0.3, -0.25) is 14.5 Å². The van der Waals surface area contributed by atoms with Crippen molar-refractivity contribution in [1.82, 2.24) is 0 Å². The summed E-state index contributed by atoms with van der Waals surface area (Å²) in [7, 11) is 3.07. The quantitative estimate of drug-likeness (QED) is 0.824. The second-order valence-corrected chi connectivity index (χ2v) is 7.24. The van der Waals surface area contributed by atoms with Crippen molar-refractivity contribution in [3.63, 3.8) is 0 Å². The van der Waals surface area contributed by atoms with Gasteiger partial charge in [0.25, 0.3) is 0 Å². The van der Waals surface area contributed by atoms with E-state index in [0.29, 0.717) is 17.2 Å². The van der Waals surface area contributed by atoms with Crippen molar-refractivity contribution in [2.75, 3.05) is 36.8 Å². The minimum Gasteiger partial charge on any atom is -0.495 e. The minimum atomic E-state index is -0.257. The van der Waals surface area contributed by atoms with Crippen LogP contribution in [0.5, 0.6) is 5.75 Å². The van der Waals surface area contributed by atoms with E-state index < -0.39 is 0 Å². The van der Waals surface area contributed by atoms with Gasteiger partial charge in [0.05, 0.1) is 18.6 Å². The number of nitrogens with zero attached hydrogens (tertiary/aromatic N) is 1. The number of amides is 2. The lowest BCUT2D eigenvalue weighted by Gasteiger charge is -2.27. The van der Waals surface area contributed by atoms with Crippen LogP contribution in [-0.4, -0.2) is 38.4 Å². The van der Waals surface area contributed by atoms with E-state index in [9.17, 15) is 9.59 Å². The number of hydrogen-bond acceptors (Lipinski definition) is 5. The second-order valence-electron chi connectivity index (χ2n) is 6.17. The van der Waals surface area contributed by atoms with E-state index in [-0.39, 0.29) is 23.8 Å². The van der Waals surface area contributed by atoms with Crippen LogP contribution in [0.4, 0.5) is 11.4 Å². The van der Waals surface area contributed by atoms with Gasteiger partial charge in [-0.15, -0.1) is 11.8 Å². The third-order valence-corrected chi connectivity index (χ3v) is 5.43. The first-order valence-electron chi connectivity index (χ1n) is 8.51. The molecule has 1 aliphatic rings. The van der Waals surface area contributed by atoms with E-state index in [1.54, 1.807) is 12.0 Å². The maximum absolute atomic E-state index is 12.7. The third-order valence-electron chi connectivity index (χ3n) is 4.24. The van der Waals surface area contributed by atoms with Gasteiger partial charge in [-0.1, -0.05) is 24.3 Å². The Bertz CT molecular complexity index is 856. The molecule has 6 nitrogen and oxygen atoms in total. The number of rotatable bonds is 6. The molecule has 142 valence electrons. The normalized spacial score (nSPS) is 16.5. The first-order valence-corrected chi connectivity index (χ1v) is 9.56. The van der Waals surface area contributed by atoms with E-state index >= 15 is 0 Å². The molecule has 1 aliphatic heterocycles. The van der Waals surface area contributed by atoms with Gasteiger partial charge in [-0.2, -0.15) is 0 Å². The maximum atomic E-state index is 12.7. The molecule has 2 aromatic carbocycles. The van der Waals surface area contributed by atoms with Gasteiger partial charge in [0.1, 0.15) is 17.7 Å². The molecule has 1 saturated heterocycles. The van der Waals surface area contributed by atoms with Crippen LogP contribution in [-0.2, 0) is 14.3 Å². The molecule has 3 rings (SSSR count). The zero-order valence-corrected chi connectivity index (χ0v) is 16.3. The van der Waals surface area contributed by atoms with Crippen molar-refractivity contribution in [3.8, 4) is 5.75 Å². The van der Waals surface area contributed by atoms with Crippen LogP contribution in [0.2, 0.25) is 0 Å². The fourth-order valence-corrected chi connectivity index (χ4v) is 4.25. The van der Waals surface area contributed by atoms with Crippen LogP contribution in [0.15, 0.2) is 42.5 Å². The van der Waals surface area contributed by atoms with Crippen LogP contribution in [0, 0.1) is 6.92 Å². The number of carbonyl (C=O) groups excluding carboxylic acids is 2. The molecule has 0 aliphatic carbocycles. The van der Waals surface area contributed by atoms with Crippen LogP contribution in [0.25, 0.3) is 0 Å². The molecule has 2 amide bonds. The van der Waals surface area contributed by atoms with Crippen molar-refractivity contribution in [2.24, 2.45) is 0 Å². The van der Waals surface area contributed by atoms with Crippen molar-refractivity contribution >= 4 is 35.0 Å².